The van der Waals surface area contributed by atoms with Gasteiger partial charge in [-0.05, 0) is 45.8 Å². The van der Waals surface area contributed by atoms with E-state index in [2.05, 4.69) is 93.3 Å². The normalized spacial score (nSPS) is 11.5. The summed E-state index contributed by atoms with van der Waals surface area (Å²) < 4.78 is 6.26. The standard InChI is InChI=1S/C20H12BrNS2/c21-18-12-16-20(24-18)19-15(22(16)14-9-5-2-6-10-14)11-17(23-19)13-7-3-1-4-8-13/h1-12H. The second-order valence-electron chi connectivity index (χ2n) is 5.63. The lowest BCUT2D eigenvalue weighted by Gasteiger charge is -2.05. The van der Waals surface area contributed by atoms with Crippen molar-refractivity contribution in [2.24, 2.45) is 0 Å². The number of rotatable bonds is 2. The van der Waals surface area contributed by atoms with E-state index in [4.69, 9.17) is 0 Å². The van der Waals surface area contributed by atoms with Gasteiger partial charge in [-0.25, -0.2) is 0 Å². The van der Waals surface area contributed by atoms with Crippen molar-refractivity contribution in [2.75, 3.05) is 0 Å². The molecule has 5 aromatic rings. The number of nitrogens with zero attached hydrogens (tertiary/aromatic N) is 1. The van der Waals surface area contributed by atoms with E-state index >= 15 is 0 Å². The first-order valence-electron chi connectivity index (χ1n) is 7.65. The molecule has 0 aliphatic rings. The molecule has 0 unspecified atom stereocenters. The molecule has 1 nitrogen and oxygen atoms in total. The second kappa shape index (κ2) is 5.59. The summed E-state index contributed by atoms with van der Waals surface area (Å²) in [7, 11) is 0. The van der Waals surface area contributed by atoms with Crippen LogP contribution in [0.4, 0.5) is 0 Å². The van der Waals surface area contributed by atoms with Gasteiger partial charge in [0, 0.05) is 10.6 Å². The van der Waals surface area contributed by atoms with E-state index in [0.29, 0.717) is 0 Å². The Bertz CT molecular complexity index is 1150. The molecule has 24 heavy (non-hydrogen) atoms. The Morgan fingerprint density at radius 2 is 1.33 bits per heavy atom. The number of para-hydroxylation sites is 1. The maximum atomic E-state index is 3.66. The van der Waals surface area contributed by atoms with Crippen molar-refractivity contribution in [2.45, 2.75) is 0 Å². The molecule has 4 heteroatoms. The van der Waals surface area contributed by atoms with Crippen LogP contribution >= 0.6 is 38.6 Å². The molecule has 116 valence electrons. The Hall–Kier alpha value is -1.88. The Morgan fingerprint density at radius 1 is 0.708 bits per heavy atom. The molecule has 0 atom stereocenters. The van der Waals surface area contributed by atoms with E-state index in [1.54, 1.807) is 0 Å². The van der Waals surface area contributed by atoms with Gasteiger partial charge in [0.15, 0.2) is 0 Å². The largest absolute Gasteiger partial charge is 0.307 e. The van der Waals surface area contributed by atoms with Crippen LogP contribution in [0, 0.1) is 0 Å². The summed E-state index contributed by atoms with van der Waals surface area (Å²) in [6.07, 6.45) is 0. The van der Waals surface area contributed by atoms with Crippen molar-refractivity contribution in [3.05, 3.63) is 76.6 Å². The first-order chi connectivity index (χ1) is 11.8. The number of aromatic nitrogens is 1. The maximum absolute atomic E-state index is 3.66. The van der Waals surface area contributed by atoms with Crippen LogP contribution in [-0.4, -0.2) is 4.57 Å². The van der Waals surface area contributed by atoms with Crippen LogP contribution in [0.3, 0.4) is 0 Å². The van der Waals surface area contributed by atoms with Crippen molar-refractivity contribution in [3.8, 4) is 16.1 Å². The molecule has 0 bridgehead atoms. The van der Waals surface area contributed by atoms with Gasteiger partial charge in [-0.15, -0.1) is 22.7 Å². The van der Waals surface area contributed by atoms with Gasteiger partial charge in [0.1, 0.15) is 0 Å². The van der Waals surface area contributed by atoms with Crippen LogP contribution in [-0.2, 0) is 0 Å². The zero-order valence-electron chi connectivity index (χ0n) is 12.6. The molecule has 0 N–H and O–H groups in total. The Labute approximate surface area is 155 Å². The van der Waals surface area contributed by atoms with Gasteiger partial charge in [-0.3, -0.25) is 0 Å². The summed E-state index contributed by atoms with van der Waals surface area (Å²) in [5.41, 5.74) is 5.06. The number of hydrogen-bond donors (Lipinski definition) is 0. The van der Waals surface area contributed by atoms with Crippen LogP contribution in [0.5, 0.6) is 0 Å². The molecule has 0 aliphatic carbocycles. The van der Waals surface area contributed by atoms with E-state index in [9.17, 15) is 0 Å². The highest BCUT2D eigenvalue weighted by Gasteiger charge is 2.18. The van der Waals surface area contributed by atoms with E-state index < -0.39 is 0 Å². The van der Waals surface area contributed by atoms with Crippen molar-refractivity contribution >= 4 is 59.0 Å². The van der Waals surface area contributed by atoms with Gasteiger partial charge in [0.2, 0.25) is 0 Å². The fourth-order valence-electron chi connectivity index (χ4n) is 3.12. The summed E-state index contributed by atoms with van der Waals surface area (Å²) in [6, 6.07) is 25.8. The highest BCUT2D eigenvalue weighted by molar-refractivity contribution is 9.11. The van der Waals surface area contributed by atoms with Gasteiger partial charge in [-0.2, -0.15) is 0 Å². The Balaban J connectivity index is 1.86. The van der Waals surface area contributed by atoms with Crippen molar-refractivity contribution in [1.82, 2.24) is 4.57 Å². The molecule has 3 aromatic heterocycles. The number of hydrogen-bond acceptors (Lipinski definition) is 2. The van der Waals surface area contributed by atoms with Gasteiger partial charge in [-0.1, -0.05) is 48.5 Å². The van der Waals surface area contributed by atoms with Crippen LogP contribution in [0.25, 0.3) is 36.6 Å². The van der Waals surface area contributed by atoms with Gasteiger partial charge in [0.25, 0.3) is 0 Å². The minimum Gasteiger partial charge on any atom is -0.307 e. The molecule has 0 radical (unpaired) electrons. The third kappa shape index (κ3) is 2.18. The van der Waals surface area contributed by atoms with E-state index in [1.165, 1.54) is 40.3 Å². The maximum Gasteiger partial charge on any atom is 0.0727 e. The van der Waals surface area contributed by atoms with Gasteiger partial charge >= 0.3 is 0 Å². The number of thiophene rings is 2. The highest BCUT2D eigenvalue weighted by Crippen LogP contribution is 2.45. The second-order valence-corrected chi connectivity index (χ2v) is 9.11. The monoisotopic (exact) mass is 409 g/mol. The molecule has 0 saturated carbocycles. The summed E-state index contributed by atoms with van der Waals surface area (Å²) in [4.78, 5) is 1.32. The van der Waals surface area contributed by atoms with E-state index in [-0.39, 0.29) is 0 Å². The predicted octanol–water partition coefficient (Wildman–Crippen LogP) is 7.34. The SMILES string of the molecule is Brc1cc2c(s1)c1sc(-c3ccccc3)cc1n2-c1ccccc1. The fourth-order valence-corrected chi connectivity index (χ4v) is 5.99. The average molecular weight is 410 g/mol. The lowest BCUT2D eigenvalue weighted by molar-refractivity contribution is 1.18. The van der Waals surface area contributed by atoms with Crippen LogP contribution in [0.1, 0.15) is 0 Å². The fraction of sp³-hybridized carbons (Fsp3) is 0. The van der Waals surface area contributed by atoms with Gasteiger partial charge < -0.3 is 4.57 Å². The van der Waals surface area contributed by atoms with Gasteiger partial charge in [0.05, 0.1) is 24.2 Å². The predicted molar refractivity (Wildman–Crippen MR) is 110 cm³/mol. The number of benzene rings is 2. The average Bonchev–Trinajstić information content (AvgIpc) is 3.27. The Morgan fingerprint density at radius 3 is 2.08 bits per heavy atom. The Kier molecular flexibility index (Phi) is 3.37. The third-order valence-corrected chi connectivity index (χ3v) is 7.12. The van der Waals surface area contributed by atoms with Crippen LogP contribution < -0.4 is 0 Å². The molecular formula is C20H12BrNS2. The first kappa shape index (κ1) is 14.5. The minimum absolute atomic E-state index is 1.17. The third-order valence-electron chi connectivity index (χ3n) is 4.16. The molecule has 0 fully saturated rings. The first-order valence-corrected chi connectivity index (χ1v) is 10.1. The van der Waals surface area contributed by atoms with Crippen molar-refractivity contribution < 1.29 is 0 Å². The molecule has 3 heterocycles. The lowest BCUT2D eigenvalue weighted by atomic mass is 10.2. The summed E-state index contributed by atoms with van der Waals surface area (Å²) in [5.74, 6) is 0. The van der Waals surface area contributed by atoms with Crippen LogP contribution in [0.15, 0.2) is 76.6 Å². The summed E-state index contributed by atoms with van der Waals surface area (Å²) >= 11 is 7.35. The summed E-state index contributed by atoms with van der Waals surface area (Å²) in [6.45, 7) is 0. The molecule has 0 saturated heterocycles. The van der Waals surface area contributed by atoms with Crippen LogP contribution in [0.2, 0.25) is 0 Å². The lowest BCUT2D eigenvalue weighted by Crippen LogP contribution is -1.91. The molecule has 5 rings (SSSR count). The summed E-state index contributed by atoms with van der Waals surface area (Å²) in [5, 5.41) is 0. The molecular weight excluding hydrogens is 398 g/mol. The number of fused-ring (bicyclic) bond motifs is 3. The van der Waals surface area contributed by atoms with E-state index in [0.717, 1.165) is 0 Å². The molecule has 0 aliphatic heterocycles. The topological polar surface area (TPSA) is 4.93 Å². The molecule has 2 aromatic carbocycles. The molecule has 0 spiro atoms. The zero-order valence-corrected chi connectivity index (χ0v) is 15.8. The smallest absolute Gasteiger partial charge is 0.0727 e. The highest BCUT2D eigenvalue weighted by atomic mass is 79.9. The quantitative estimate of drug-likeness (QED) is 0.287. The molecule has 0 amide bonds. The van der Waals surface area contributed by atoms with Crippen molar-refractivity contribution in [1.29, 1.82) is 0 Å². The minimum atomic E-state index is 1.17. The zero-order chi connectivity index (χ0) is 16.1. The number of halogens is 1. The van der Waals surface area contributed by atoms with E-state index in [1.807, 2.05) is 22.7 Å². The van der Waals surface area contributed by atoms with Crippen molar-refractivity contribution in [3.63, 3.8) is 0 Å².